The van der Waals surface area contributed by atoms with Crippen molar-refractivity contribution in [3.8, 4) is 0 Å². The normalized spacial score (nSPS) is 27.4. The highest BCUT2D eigenvalue weighted by atomic mass is 16.5. The van der Waals surface area contributed by atoms with E-state index in [1.54, 1.807) is 6.20 Å². The van der Waals surface area contributed by atoms with Crippen LogP contribution in [0.1, 0.15) is 42.9 Å². The lowest BCUT2D eigenvalue weighted by atomic mass is 9.77. The van der Waals surface area contributed by atoms with E-state index >= 15 is 0 Å². The Morgan fingerprint density at radius 3 is 2.85 bits per heavy atom. The van der Waals surface area contributed by atoms with Gasteiger partial charge in [0.25, 0.3) is 0 Å². The quantitative estimate of drug-likeness (QED) is 0.902. The van der Waals surface area contributed by atoms with E-state index in [1.807, 2.05) is 19.2 Å². The van der Waals surface area contributed by atoms with Crippen LogP contribution in [0.2, 0.25) is 0 Å². The third-order valence-electron chi connectivity index (χ3n) is 4.62. The predicted molar refractivity (Wildman–Crippen MR) is 75.4 cm³/mol. The van der Waals surface area contributed by atoms with Crippen LogP contribution in [0.4, 0.5) is 0 Å². The smallest absolute Gasteiger partial charge is 0.0835 e. The molecule has 2 saturated heterocycles. The van der Waals surface area contributed by atoms with Gasteiger partial charge in [-0.2, -0.15) is 0 Å². The van der Waals surface area contributed by atoms with E-state index in [1.165, 1.54) is 0 Å². The third-order valence-corrected chi connectivity index (χ3v) is 4.62. The maximum Gasteiger partial charge on any atom is 0.0835 e. The van der Waals surface area contributed by atoms with Gasteiger partial charge in [-0.1, -0.05) is 6.07 Å². The molecule has 0 amide bonds. The number of ether oxygens (including phenoxy) is 2. The Balaban J connectivity index is 1.73. The fraction of sp³-hybridized carbons (Fsp3) is 0.688. The van der Waals surface area contributed by atoms with Crippen LogP contribution in [-0.2, 0) is 9.47 Å². The first-order chi connectivity index (χ1) is 9.69. The molecule has 110 valence electrons. The fourth-order valence-electron chi connectivity index (χ4n) is 3.44. The molecule has 1 aromatic heterocycles. The highest BCUT2D eigenvalue weighted by Crippen LogP contribution is 2.41. The van der Waals surface area contributed by atoms with Crippen molar-refractivity contribution in [1.29, 1.82) is 0 Å². The molecular weight excluding hydrogens is 254 g/mol. The van der Waals surface area contributed by atoms with Gasteiger partial charge >= 0.3 is 0 Å². The van der Waals surface area contributed by atoms with Gasteiger partial charge < -0.3 is 14.6 Å². The van der Waals surface area contributed by atoms with Gasteiger partial charge in [0.15, 0.2) is 0 Å². The van der Waals surface area contributed by atoms with Crippen LogP contribution >= 0.6 is 0 Å². The predicted octanol–water partition coefficient (Wildman–Crippen LogP) is 2.40. The van der Waals surface area contributed by atoms with Crippen molar-refractivity contribution < 1.29 is 14.6 Å². The second-order valence-electron chi connectivity index (χ2n) is 6.14. The Labute approximate surface area is 120 Å². The number of aliphatic hydroxyl groups is 1. The molecule has 2 aliphatic rings. The van der Waals surface area contributed by atoms with Gasteiger partial charge in [-0.25, -0.2) is 0 Å². The summed E-state index contributed by atoms with van der Waals surface area (Å²) in [7, 11) is 0. The van der Waals surface area contributed by atoms with Gasteiger partial charge in [-0.15, -0.1) is 0 Å². The Morgan fingerprint density at radius 1 is 1.30 bits per heavy atom. The van der Waals surface area contributed by atoms with E-state index in [0.717, 1.165) is 56.6 Å². The van der Waals surface area contributed by atoms with E-state index in [-0.39, 0.29) is 11.5 Å². The van der Waals surface area contributed by atoms with E-state index < -0.39 is 6.10 Å². The molecule has 3 rings (SSSR count). The standard InChI is InChI=1S/C16H23NO3/c1-12-8-14(11-17-10-12)15(18)13-2-5-20-16(9-13)3-6-19-7-4-16/h8,10-11,13,15,18H,2-7,9H2,1H3. The topological polar surface area (TPSA) is 51.6 Å². The van der Waals surface area contributed by atoms with Crippen molar-refractivity contribution in [2.24, 2.45) is 5.92 Å². The van der Waals surface area contributed by atoms with Crippen molar-refractivity contribution in [2.45, 2.75) is 44.3 Å². The lowest BCUT2D eigenvalue weighted by Crippen LogP contribution is -2.45. The number of aryl methyl sites for hydroxylation is 1. The molecule has 0 radical (unpaired) electrons. The van der Waals surface area contributed by atoms with Crippen LogP contribution in [0.15, 0.2) is 18.5 Å². The minimum absolute atomic E-state index is 0.0700. The number of hydrogen-bond acceptors (Lipinski definition) is 4. The van der Waals surface area contributed by atoms with Gasteiger partial charge in [0.05, 0.1) is 11.7 Å². The number of aromatic nitrogens is 1. The van der Waals surface area contributed by atoms with Crippen molar-refractivity contribution in [1.82, 2.24) is 4.98 Å². The molecule has 2 fully saturated rings. The lowest BCUT2D eigenvalue weighted by molar-refractivity contribution is -0.159. The highest BCUT2D eigenvalue weighted by molar-refractivity contribution is 5.19. The Morgan fingerprint density at radius 2 is 2.10 bits per heavy atom. The van der Waals surface area contributed by atoms with Crippen LogP contribution in [-0.4, -0.2) is 35.5 Å². The van der Waals surface area contributed by atoms with Crippen LogP contribution < -0.4 is 0 Å². The average Bonchev–Trinajstić information content (AvgIpc) is 2.47. The van der Waals surface area contributed by atoms with E-state index in [4.69, 9.17) is 9.47 Å². The van der Waals surface area contributed by atoms with Gasteiger partial charge in [0.1, 0.15) is 0 Å². The summed E-state index contributed by atoms with van der Waals surface area (Å²) in [6.07, 6.45) is 6.89. The van der Waals surface area contributed by atoms with Gasteiger partial charge in [0.2, 0.25) is 0 Å². The van der Waals surface area contributed by atoms with E-state index in [0.29, 0.717) is 0 Å². The monoisotopic (exact) mass is 277 g/mol. The molecule has 0 aliphatic carbocycles. The molecule has 2 atom stereocenters. The summed E-state index contributed by atoms with van der Waals surface area (Å²) in [6.45, 7) is 4.29. The van der Waals surface area contributed by atoms with Crippen molar-refractivity contribution in [3.63, 3.8) is 0 Å². The molecular formula is C16H23NO3. The van der Waals surface area contributed by atoms with Crippen LogP contribution in [0.5, 0.6) is 0 Å². The second kappa shape index (κ2) is 5.80. The van der Waals surface area contributed by atoms with E-state index in [9.17, 15) is 5.11 Å². The third kappa shape index (κ3) is 2.87. The average molecular weight is 277 g/mol. The summed E-state index contributed by atoms with van der Waals surface area (Å²) in [6, 6.07) is 2.03. The molecule has 4 heteroatoms. The van der Waals surface area contributed by atoms with Crippen LogP contribution in [0, 0.1) is 12.8 Å². The summed E-state index contributed by atoms with van der Waals surface area (Å²) < 4.78 is 11.5. The zero-order valence-electron chi connectivity index (χ0n) is 12.0. The largest absolute Gasteiger partial charge is 0.388 e. The Bertz CT molecular complexity index is 451. The minimum atomic E-state index is -0.439. The van der Waals surface area contributed by atoms with Gasteiger partial charge in [0, 0.05) is 32.2 Å². The Kier molecular flexibility index (Phi) is 4.06. The second-order valence-corrected chi connectivity index (χ2v) is 6.14. The summed E-state index contributed by atoms with van der Waals surface area (Å²) in [5, 5.41) is 10.7. The Hall–Kier alpha value is -0.970. The molecule has 1 N–H and O–H groups in total. The first kappa shape index (κ1) is 14.0. The number of nitrogens with zero attached hydrogens (tertiary/aromatic N) is 1. The number of rotatable bonds is 2. The maximum atomic E-state index is 10.7. The molecule has 0 bridgehead atoms. The molecule has 1 aromatic rings. The van der Waals surface area contributed by atoms with Gasteiger partial charge in [-0.05, 0) is 49.7 Å². The lowest BCUT2D eigenvalue weighted by Gasteiger charge is -2.44. The molecule has 0 saturated carbocycles. The first-order valence-electron chi connectivity index (χ1n) is 7.50. The molecule has 4 nitrogen and oxygen atoms in total. The zero-order chi connectivity index (χ0) is 14.0. The summed E-state index contributed by atoms with van der Waals surface area (Å²) >= 11 is 0. The summed E-state index contributed by atoms with van der Waals surface area (Å²) in [5.74, 6) is 0.255. The van der Waals surface area contributed by atoms with Crippen LogP contribution in [0.3, 0.4) is 0 Å². The first-order valence-corrected chi connectivity index (χ1v) is 7.50. The highest BCUT2D eigenvalue weighted by Gasteiger charge is 2.41. The van der Waals surface area contributed by atoms with E-state index in [2.05, 4.69) is 4.98 Å². The van der Waals surface area contributed by atoms with Gasteiger partial charge in [-0.3, -0.25) is 4.98 Å². The molecule has 0 aromatic carbocycles. The number of hydrogen-bond donors (Lipinski definition) is 1. The number of pyridine rings is 1. The molecule has 2 aliphatic heterocycles. The molecule has 20 heavy (non-hydrogen) atoms. The zero-order valence-corrected chi connectivity index (χ0v) is 12.0. The molecule has 2 unspecified atom stereocenters. The minimum Gasteiger partial charge on any atom is -0.388 e. The van der Waals surface area contributed by atoms with Crippen molar-refractivity contribution in [2.75, 3.05) is 19.8 Å². The summed E-state index contributed by atoms with van der Waals surface area (Å²) in [5.41, 5.74) is 1.95. The maximum absolute atomic E-state index is 10.7. The molecule has 3 heterocycles. The van der Waals surface area contributed by atoms with Crippen LogP contribution in [0.25, 0.3) is 0 Å². The SMILES string of the molecule is Cc1cncc(C(O)C2CCOC3(CCOCC3)C2)c1. The fourth-order valence-corrected chi connectivity index (χ4v) is 3.44. The summed E-state index contributed by atoms with van der Waals surface area (Å²) in [4.78, 5) is 4.19. The number of aliphatic hydroxyl groups excluding tert-OH is 1. The van der Waals surface area contributed by atoms with Crippen molar-refractivity contribution in [3.05, 3.63) is 29.6 Å². The van der Waals surface area contributed by atoms with Crippen molar-refractivity contribution >= 4 is 0 Å². The molecule has 1 spiro atoms.